The zero-order valence-corrected chi connectivity index (χ0v) is 7.74. The Hall–Kier alpha value is -1.64. The predicted octanol–water partition coefficient (Wildman–Crippen LogP) is 1.39. The molecule has 1 N–H and O–H groups in total. The minimum atomic E-state index is -0.0171. The van der Waals surface area contributed by atoms with E-state index in [0.717, 1.165) is 5.56 Å². The lowest BCUT2D eigenvalue weighted by atomic mass is 10.1. The molecule has 0 radical (unpaired) electrons. The van der Waals surface area contributed by atoms with Crippen molar-refractivity contribution < 1.29 is 4.79 Å². The van der Waals surface area contributed by atoms with Gasteiger partial charge in [-0.05, 0) is 17.7 Å². The van der Waals surface area contributed by atoms with Gasteiger partial charge in [-0.2, -0.15) is 0 Å². The van der Waals surface area contributed by atoms with Crippen LogP contribution in [0.3, 0.4) is 0 Å². The highest BCUT2D eigenvalue weighted by Crippen LogP contribution is 2.04. The summed E-state index contributed by atoms with van der Waals surface area (Å²) in [5.41, 5.74) is 1.45. The number of nitrogens with one attached hydrogen (secondary N) is 1. The molecule has 0 spiro atoms. The van der Waals surface area contributed by atoms with E-state index in [1.165, 1.54) is 11.1 Å². The number of carbonyl (C=O) groups excluding carboxylic acids is 1. The molecule has 0 aliphatic carbocycles. The molecule has 0 aromatic heterocycles. The first-order valence-electron chi connectivity index (χ1n) is 3.97. The molecule has 3 nitrogen and oxygen atoms in total. The van der Waals surface area contributed by atoms with Crippen molar-refractivity contribution in [2.45, 2.75) is 0 Å². The van der Waals surface area contributed by atoms with Gasteiger partial charge in [0.15, 0.2) is 0 Å². The summed E-state index contributed by atoms with van der Waals surface area (Å²) in [6, 6.07) is 6.96. The summed E-state index contributed by atoms with van der Waals surface area (Å²) >= 11 is 0. The van der Waals surface area contributed by atoms with E-state index in [9.17, 15) is 4.79 Å². The van der Waals surface area contributed by atoms with Gasteiger partial charge in [0.1, 0.15) is 0 Å². The van der Waals surface area contributed by atoms with E-state index in [-0.39, 0.29) is 5.91 Å². The second-order valence-electron chi connectivity index (χ2n) is 2.97. The van der Waals surface area contributed by atoms with E-state index in [2.05, 4.69) is 0 Å². The van der Waals surface area contributed by atoms with Crippen molar-refractivity contribution in [2.75, 3.05) is 14.1 Å². The summed E-state index contributed by atoms with van der Waals surface area (Å²) in [5, 5.41) is 6.99. The zero-order chi connectivity index (χ0) is 9.84. The highest BCUT2D eigenvalue weighted by atomic mass is 16.2. The Morgan fingerprint density at radius 3 is 2.23 bits per heavy atom. The van der Waals surface area contributed by atoms with Gasteiger partial charge in [-0.3, -0.25) is 4.79 Å². The average molecular weight is 176 g/mol. The maximum Gasteiger partial charge on any atom is 0.253 e. The van der Waals surface area contributed by atoms with Gasteiger partial charge in [-0.15, -0.1) is 0 Å². The molecule has 0 aliphatic rings. The van der Waals surface area contributed by atoms with Crippen LogP contribution < -0.4 is 0 Å². The van der Waals surface area contributed by atoms with Crippen LogP contribution in [0.5, 0.6) is 0 Å². The van der Waals surface area contributed by atoms with E-state index in [1.807, 2.05) is 0 Å². The number of hydrogen-bond donors (Lipinski definition) is 1. The highest BCUT2D eigenvalue weighted by molar-refractivity contribution is 5.94. The first kappa shape index (κ1) is 9.45. The van der Waals surface area contributed by atoms with E-state index in [0.29, 0.717) is 5.56 Å². The standard InChI is InChI=1S/C10H12N2O/c1-12(2)10(13)9-5-3-8(7-11)4-6-9/h3-7,11H,1-2H3. The lowest BCUT2D eigenvalue weighted by Crippen LogP contribution is -2.21. The van der Waals surface area contributed by atoms with Crippen molar-refractivity contribution in [1.82, 2.24) is 4.90 Å². The molecule has 0 unspecified atom stereocenters. The SMILES string of the molecule is CN(C)C(=O)c1ccc(C=N)cc1. The van der Waals surface area contributed by atoms with Crippen LogP contribution in [0.1, 0.15) is 15.9 Å². The Morgan fingerprint density at radius 2 is 1.85 bits per heavy atom. The molecule has 68 valence electrons. The molecule has 3 heteroatoms. The molecule has 0 aliphatic heterocycles. The Kier molecular flexibility index (Phi) is 2.80. The molecule has 13 heavy (non-hydrogen) atoms. The van der Waals surface area contributed by atoms with Crippen molar-refractivity contribution in [3.63, 3.8) is 0 Å². The van der Waals surface area contributed by atoms with E-state index >= 15 is 0 Å². The van der Waals surface area contributed by atoms with Crippen LogP contribution in [0.4, 0.5) is 0 Å². The lowest BCUT2D eigenvalue weighted by Gasteiger charge is -2.09. The van der Waals surface area contributed by atoms with Crippen LogP contribution in [0, 0.1) is 5.41 Å². The molecule has 1 aromatic carbocycles. The van der Waals surface area contributed by atoms with Crippen molar-refractivity contribution in [3.05, 3.63) is 35.4 Å². The van der Waals surface area contributed by atoms with Crippen molar-refractivity contribution in [1.29, 1.82) is 5.41 Å². The lowest BCUT2D eigenvalue weighted by molar-refractivity contribution is 0.0827. The normalized spacial score (nSPS) is 9.38. The maximum atomic E-state index is 11.4. The van der Waals surface area contributed by atoms with Crippen LogP contribution in [0.25, 0.3) is 0 Å². The van der Waals surface area contributed by atoms with Crippen molar-refractivity contribution >= 4 is 12.1 Å². The third-order valence-electron chi connectivity index (χ3n) is 1.73. The molecule has 0 heterocycles. The summed E-state index contributed by atoms with van der Waals surface area (Å²) in [7, 11) is 3.43. The first-order valence-corrected chi connectivity index (χ1v) is 3.97. The number of carbonyl (C=O) groups is 1. The molecule has 1 aromatic rings. The molecule has 0 saturated carbocycles. The number of benzene rings is 1. The van der Waals surface area contributed by atoms with Gasteiger partial charge < -0.3 is 10.3 Å². The summed E-state index contributed by atoms with van der Waals surface area (Å²) in [6.07, 6.45) is 1.25. The van der Waals surface area contributed by atoms with E-state index < -0.39 is 0 Å². The van der Waals surface area contributed by atoms with Gasteiger partial charge in [0.2, 0.25) is 0 Å². The highest BCUT2D eigenvalue weighted by Gasteiger charge is 2.05. The third-order valence-corrected chi connectivity index (χ3v) is 1.73. The van der Waals surface area contributed by atoms with E-state index in [4.69, 9.17) is 5.41 Å². The molecule has 1 amide bonds. The molecule has 0 saturated heterocycles. The fourth-order valence-electron chi connectivity index (χ4n) is 0.980. The molecule has 0 fully saturated rings. The quantitative estimate of drug-likeness (QED) is 0.680. The molecular weight excluding hydrogens is 164 g/mol. The Bertz CT molecular complexity index is 314. The monoisotopic (exact) mass is 176 g/mol. The predicted molar refractivity (Wildman–Crippen MR) is 52.3 cm³/mol. The Morgan fingerprint density at radius 1 is 1.31 bits per heavy atom. The zero-order valence-electron chi connectivity index (χ0n) is 7.74. The van der Waals surface area contributed by atoms with Gasteiger partial charge in [-0.25, -0.2) is 0 Å². The Labute approximate surface area is 77.5 Å². The number of nitrogens with zero attached hydrogens (tertiary/aromatic N) is 1. The molecule has 0 bridgehead atoms. The minimum absolute atomic E-state index is 0.0171. The van der Waals surface area contributed by atoms with Crippen LogP contribution in [0.15, 0.2) is 24.3 Å². The molecule has 1 rings (SSSR count). The third kappa shape index (κ3) is 2.15. The summed E-state index contributed by atoms with van der Waals surface area (Å²) < 4.78 is 0. The largest absolute Gasteiger partial charge is 0.345 e. The summed E-state index contributed by atoms with van der Waals surface area (Å²) in [5.74, 6) is -0.0171. The molecular formula is C10H12N2O. The fourth-order valence-corrected chi connectivity index (χ4v) is 0.980. The Balaban J connectivity index is 2.92. The maximum absolute atomic E-state index is 11.4. The average Bonchev–Trinajstić information content (AvgIpc) is 2.17. The van der Waals surface area contributed by atoms with Gasteiger partial charge in [-0.1, -0.05) is 12.1 Å². The van der Waals surface area contributed by atoms with Gasteiger partial charge in [0.25, 0.3) is 5.91 Å². The van der Waals surface area contributed by atoms with Crippen molar-refractivity contribution in [2.24, 2.45) is 0 Å². The van der Waals surface area contributed by atoms with Crippen LogP contribution in [-0.2, 0) is 0 Å². The topological polar surface area (TPSA) is 44.2 Å². The van der Waals surface area contributed by atoms with Crippen LogP contribution in [0.2, 0.25) is 0 Å². The second-order valence-corrected chi connectivity index (χ2v) is 2.97. The summed E-state index contributed by atoms with van der Waals surface area (Å²) in [4.78, 5) is 12.9. The number of rotatable bonds is 2. The fraction of sp³-hybridized carbons (Fsp3) is 0.200. The first-order chi connectivity index (χ1) is 6.15. The van der Waals surface area contributed by atoms with Gasteiger partial charge in [0.05, 0.1) is 0 Å². The van der Waals surface area contributed by atoms with Gasteiger partial charge in [0, 0.05) is 25.9 Å². The van der Waals surface area contributed by atoms with E-state index in [1.54, 1.807) is 38.4 Å². The minimum Gasteiger partial charge on any atom is -0.345 e. The number of amides is 1. The summed E-state index contributed by atoms with van der Waals surface area (Å²) in [6.45, 7) is 0. The van der Waals surface area contributed by atoms with Gasteiger partial charge >= 0.3 is 0 Å². The van der Waals surface area contributed by atoms with Crippen molar-refractivity contribution in [3.8, 4) is 0 Å². The van der Waals surface area contributed by atoms with Crippen LogP contribution >= 0.6 is 0 Å². The smallest absolute Gasteiger partial charge is 0.253 e. The molecule has 0 atom stereocenters. The van der Waals surface area contributed by atoms with Crippen LogP contribution in [-0.4, -0.2) is 31.1 Å². The number of hydrogen-bond acceptors (Lipinski definition) is 2. The second kappa shape index (κ2) is 3.85.